The molecule has 0 radical (unpaired) electrons. The summed E-state index contributed by atoms with van der Waals surface area (Å²) in [7, 11) is 0. The van der Waals surface area contributed by atoms with Gasteiger partial charge in [0.25, 0.3) is 0 Å². The van der Waals surface area contributed by atoms with Crippen LogP contribution in [0.15, 0.2) is 30.3 Å². The third-order valence-electron chi connectivity index (χ3n) is 9.24. The molecule has 15 heteroatoms. The predicted molar refractivity (Wildman–Crippen MR) is 194 cm³/mol. The van der Waals surface area contributed by atoms with Gasteiger partial charge in [-0.05, 0) is 36.7 Å². The van der Waals surface area contributed by atoms with Crippen molar-refractivity contribution in [2.75, 3.05) is 32.9 Å². The molecule has 2 aliphatic rings. The normalized spacial score (nSPS) is 17.1. The summed E-state index contributed by atoms with van der Waals surface area (Å²) >= 11 is 0. The summed E-state index contributed by atoms with van der Waals surface area (Å²) < 4.78 is 5.69. The average Bonchev–Trinajstić information content (AvgIpc) is 3.82. The van der Waals surface area contributed by atoms with Gasteiger partial charge in [-0.1, -0.05) is 78.3 Å². The lowest BCUT2D eigenvalue weighted by Gasteiger charge is -2.24. The Morgan fingerprint density at radius 2 is 1.40 bits per heavy atom. The molecule has 2 atom stereocenters. The molecule has 2 fully saturated rings. The molecule has 1 unspecified atom stereocenters. The first-order chi connectivity index (χ1) is 24.8. The molecule has 15 nitrogen and oxygen atoms in total. The quantitative estimate of drug-likeness (QED) is 0.0740. The number of unbranched alkanes of at least 4 members (excludes halogenated alkanes) is 2. The van der Waals surface area contributed by atoms with E-state index in [2.05, 4.69) is 26.6 Å². The number of nitrogens with zero attached hydrogens (tertiary/aromatic N) is 1. The number of ether oxygens (including phenoxy) is 1. The molecule has 1 saturated heterocycles. The van der Waals surface area contributed by atoms with Crippen LogP contribution in [0.3, 0.4) is 0 Å². The van der Waals surface area contributed by atoms with Crippen LogP contribution < -0.4 is 26.6 Å². The standard InChI is InChI=1S/C38H56N6O9/c1-36(2,3)26-20-32(49)44(34(26)51)18-12-8-11-15-28(45)39-21-29(46)40-23-31(48)43-27(19-25-13-9-7-10-14-25)33(50)41-22-30(47)42-24-53-38(16-17-38)35(52)37(4,5)6/h7,9-10,13-14,26-27H,8,11-12,15-24H2,1-6H3,(H,39,45)(H,40,46)(H,41,50)(H,42,47)(H,43,48)/t26?,27-/m0/s1. The van der Waals surface area contributed by atoms with Gasteiger partial charge in [0.1, 0.15) is 18.4 Å². The average molecular weight is 741 g/mol. The molecule has 3 rings (SSSR count). The molecule has 7 amide bonds. The maximum atomic E-state index is 13.1. The van der Waals surface area contributed by atoms with Crippen LogP contribution in [0.2, 0.25) is 0 Å². The van der Waals surface area contributed by atoms with Gasteiger partial charge in [0.05, 0.1) is 25.6 Å². The number of nitrogens with one attached hydrogen (secondary N) is 5. The highest BCUT2D eigenvalue weighted by Gasteiger charge is 2.54. The molecular formula is C38H56N6O9. The molecule has 0 spiro atoms. The highest BCUT2D eigenvalue weighted by molar-refractivity contribution is 6.04. The number of hydrogen-bond acceptors (Lipinski definition) is 9. The number of Topliss-reactive ketones (excluding diaryl/α,β-unsaturated/α-hetero) is 1. The molecule has 1 aliphatic heterocycles. The Hall–Kier alpha value is -4.66. The first kappa shape index (κ1) is 42.8. The van der Waals surface area contributed by atoms with E-state index in [1.54, 1.807) is 24.3 Å². The van der Waals surface area contributed by atoms with Crippen LogP contribution in [-0.2, 0) is 49.5 Å². The zero-order valence-electron chi connectivity index (χ0n) is 31.9. The Bertz CT molecular complexity index is 1510. The summed E-state index contributed by atoms with van der Waals surface area (Å²) in [5.41, 5.74) is -1.000. The minimum Gasteiger partial charge on any atom is -0.347 e. The largest absolute Gasteiger partial charge is 0.347 e. The SMILES string of the molecule is CC(C)(C)C(=O)C1(OCNC(=O)CNC(=O)[C@H](Cc2ccccc2)NC(=O)CNC(=O)CNC(=O)CCCCCN2C(=O)CC(C(C)(C)C)C2=O)CC1. The summed E-state index contributed by atoms with van der Waals surface area (Å²) in [6.07, 6.45) is 3.36. The van der Waals surface area contributed by atoms with Gasteiger partial charge in [0.15, 0.2) is 5.78 Å². The second-order valence-corrected chi connectivity index (χ2v) is 15.9. The van der Waals surface area contributed by atoms with Crippen LogP contribution in [-0.4, -0.2) is 96.6 Å². The Morgan fingerprint density at radius 3 is 2.00 bits per heavy atom. The molecule has 1 saturated carbocycles. The van der Waals surface area contributed by atoms with Crippen LogP contribution in [0, 0.1) is 16.7 Å². The monoisotopic (exact) mass is 740 g/mol. The molecule has 1 aliphatic carbocycles. The molecule has 1 aromatic carbocycles. The van der Waals surface area contributed by atoms with E-state index in [-0.39, 0.29) is 67.4 Å². The van der Waals surface area contributed by atoms with Crippen molar-refractivity contribution in [3.63, 3.8) is 0 Å². The minimum absolute atomic E-state index is 0.0289. The fourth-order valence-electron chi connectivity index (χ4n) is 5.98. The topological polar surface area (TPSA) is 209 Å². The van der Waals surface area contributed by atoms with Gasteiger partial charge in [0, 0.05) is 31.2 Å². The van der Waals surface area contributed by atoms with Crippen molar-refractivity contribution < 1.29 is 43.1 Å². The molecule has 0 bridgehead atoms. The molecule has 1 heterocycles. The number of hydrogen-bond donors (Lipinski definition) is 5. The number of carbonyl (C=O) groups is 8. The van der Waals surface area contributed by atoms with Crippen LogP contribution in [0.5, 0.6) is 0 Å². The number of carbonyl (C=O) groups excluding carboxylic acids is 8. The van der Waals surface area contributed by atoms with Gasteiger partial charge in [-0.25, -0.2) is 0 Å². The fourth-order valence-corrected chi connectivity index (χ4v) is 5.98. The second-order valence-electron chi connectivity index (χ2n) is 15.9. The molecule has 0 aromatic heterocycles. The lowest BCUT2D eigenvalue weighted by molar-refractivity contribution is -0.143. The van der Waals surface area contributed by atoms with E-state index < -0.39 is 53.8 Å². The number of imide groups is 1. The van der Waals surface area contributed by atoms with Crippen molar-refractivity contribution in [3.05, 3.63) is 35.9 Å². The third kappa shape index (κ3) is 13.7. The van der Waals surface area contributed by atoms with Gasteiger partial charge >= 0.3 is 0 Å². The Labute approximate surface area is 311 Å². The Kier molecular flexibility index (Phi) is 15.2. The number of ketones is 1. The third-order valence-corrected chi connectivity index (χ3v) is 9.24. The smallest absolute Gasteiger partial charge is 0.243 e. The molecule has 5 N–H and O–H groups in total. The number of rotatable bonds is 20. The minimum atomic E-state index is -1.06. The first-order valence-electron chi connectivity index (χ1n) is 18.3. The summed E-state index contributed by atoms with van der Waals surface area (Å²) in [5.74, 6) is -3.43. The molecule has 292 valence electrons. The summed E-state index contributed by atoms with van der Waals surface area (Å²) in [6.45, 7) is 10.2. The zero-order valence-corrected chi connectivity index (χ0v) is 31.9. The van der Waals surface area contributed by atoms with Crippen molar-refractivity contribution in [1.29, 1.82) is 0 Å². The van der Waals surface area contributed by atoms with Crippen molar-refractivity contribution in [2.24, 2.45) is 16.7 Å². The van der Waals surface area contributed by atoms with Gasteiger partial charge in [-0.2, -0.15) is 0 Å². The zero-order chi connectivity index (χ0) is 39.4. The summed E-state index contributed by atoms with van der Waals surface area (Å²) in [5, 5.41) is 12.6. The molecule has 53 heavy (non-hydrogen) atoms. The van der Waals surface area contributed by atoms with Crippen molar-refractivity contribution in [1.82, 2.24) is 31.5 Å². The second kappa shape index (κ2) is 18.9. The Balaban J connectivity index is 1.35. The van der Waals surface area contributed by atoms with Gasteiger partial charge in [0.2, 0.25) is 41.4 Å². The fraction of sp³-hybridized carbons (Fsp3) is 0.632. The highest BCUT2D eigenvalue weighted by Crippen LogP contribution is 2.44. The van der Waals surface area contributed by atoms with Crippen LogP contribution in [0.4, 0.5) is 0 Å². The number of benzene rings is 1. The van der Waals surface area contributed by atoms with Gasteiger partial charge in [-0.3, -0.25) is 43.3 Å². The lowest BCUT2D eigenvalue weighted by Crippen LogP contribution is -2.52. The first-order valence-corrected chi connectivity index (χ1v) is 18.3. The predicted octanol–water partition coefficient (Wildman–Crippen LogP) is 1.28. The van der Waals surface area contributed by atoms with Crippen LogP contribution >= 0.6 is 0 Å². The lowest BCUT2D eigenvalue weighted by atomic mass is 9.80. The van der Waals surface area contributed by atoms with Gasteiger partial charge < -0.3 is 31.3 Å². The van der Waals surface area contributed by atoms with Crippen molar-refractivity contribution in [3.8, 4) is 0 Å². The summed E-state index contributed by atoms with van der Waals surface area (Å²) in [6, 6.07) is 7.88. The number of likely N-dealkylation sites (tertiary alicyclic amines) is 1. The van der Waals surface area contributed by atoms with E-state index in [9.17, 15) is 38.4 Å². The van der Waals surface area contributed by atoms with E-state index in [1.165, 1.54) is 4.90 Å². The van der Waals surface area contributed by atoms with E-state index in [0.29, 0.717) is 38.6 Å². The van der Waals surface area contributed by atoms with E-state index in [0.717, 1.165) is 5.56 Å². The maximum Gasteiger partial charge on any atom is 0.243 e. The van der Waals surface area contributed by atoms with Crippen LogP contribution in [0.1, 0.15) is 92.1 Å². The Morgan fingerprint density at radius 1 is 0.792 bits per heavy atom. The van der Waals surface area contributed by atoms with Crippen molar-refractivity contribution >= 4 is 47.1 Å². The van der Waals surface area contributed by atoms with E-state index >= 15 is 0 Å². The highest BCUT2D eigenvalue weighted by atomic mass is 16.5. The maximum absolute atomic E-state index is 13.1. The van der Waals surface area contributed by atoms with Gasteiger partial charge in [-0.15, -0.1) is 0 Å². The van der Waals surface area contributed by atoms with E-state index in [1.807, 2.05) is 47.6 Å². The number of amides is 7. The molecule has 1 aromatic rings. The molecular weight excluding hydrogens is 684 g/mol. The summed E-state index contributed by atoms with van der Waals surface area (Å²) in [4.78, 5) is 102. The van der Waals surface area contributed by atoms with Crippen LogP contribution in [0.25, 0.3) is 0 Å². The van der Waals surface area contributed by atoms with E-state index in [4.69, 9.17) is 4.74 Å². The van der Waals surface area contributed by atoms with Crippen molar-refractivity contribution in [2.45, 2.75) is 105 Å².